The molecule has 1 nitrogen and oxygen atoms in total. The predicted molar refractivity (Wildman–Crippen MR) is 66.6 cm³/mol. The van der Waals surface area contributed by atoms with Gasteiger partial charge in [0.1, 0.15) is 5.75 Å². The Morgan fingerprint density at radius 3 is 2.33 bits per heavy atom. The van der Waals surface area contributed by atoms with Crippen molar-refractivity contribution < 1.29 is 4.74 Å². The molecule has 0 saturated heterocycles. The molecular formula is C13H17BrO. The zero-order valence-corrected chi connectivity index (χ0v) is 10.4. The zero-order valence-electron chi connectivity index (χ0n) is 8.86. The number of benzene rings is 1. The number of hydrogen-bond acceptors (Lipinski definition) is 1. The van der Waals surface area contributed by atoms with Crippen molar-refractivity contribution in [3.63, 3.8) is 0 Å². The molecule has 0 atom stereocenters. The van der Waals surface area contributed by atoms with Gasteiger partial charge in [0.2, 0.25) is 0 Å². The standard InChI is InChI=1S/C13H17BrO/c14-10-11-6-8-13(9-7-11)15-12-4-2-1-3-5-12/h1-5,11,13H,6-10H2. The van der Waals surface area contributed by atoms with Gasteiger partial charge in [0.05, 0.1) is 6.10 Å². The lowest BCUT2D eigenvalue weighted by molar-refractivity contribution is 0.137. The summed E-state index contributed by atoms with van der Waals surface area (Å²) in [6.07, 6.45) is 5.42. The van der Waals surface area contributed by atoms with Crippen LogP contribution in [0.1, 0.15) is 25.7 Å². The van der Waals surface area contributed by atoms with Crippen molar-refractivity contribution in [1.29, 1.82) is 0 Å². The molecule has 15 heavy (non-hydrogen) atoms. The van der Waals surface area contributed by atoms with Gasteiger partial charge in [-0.15, -0.1) is 0 Å². The number of halogens is 1. The van der Waals surface area contributed by atoms with Crippen LogP contribution in [0.25, 0.3) is 0 Å². The van der Waals surface area contributed by atoms with Crippen molar-refractivity contribution in [1.82, 2.24) is 0 Å². The normalized spacial score (nSPS) is 26.2. The van der Waals surface area contributed by atoms with Gasteiger partial charge in [0, 0.05) is 5.33 Å². The number of alkyl halides is 1. The number of para-hydroxylation sites is 1. The summed E-state index contributed by atoms with van der Waals surface area (Å²) in [6, 6.07) is 10.2. The fourth-order valence-corrected chi connectivity index (χ4v) is 2.74. The number of hydrogen-bond donors (Lipinski definition) is 0. The minimum atomic E-state index is 0.433. The van der Waals surface area contributed by atoms with E-state index >= 15 is 0 Å². The van der Waals surface area contributed by atoms with Crippen molar-refractivity contribution >= 4 is 15.9 Å². The summed E-state index contributed by atoms with van der Waals surface area (Å²) in [5.74, 6) is 1.88. The Bertz CT molecular complexity index is 278. The van der Waals surface area contributed by atoms with Crippen molar-refractivity contribution in [2.24, 2.45) is 5.92 Å². The molecule has 0 spiro atoms. The Hall–Kier alpha value is -0.500. The fraction of sp³-hybridized carbons (Fsp3) is 0.538. The van der Waals surface area contributed by atoms with Crippen LogP contribution in [0.5, 0.6) is 5.75 Å². The molecule has 0 amide bonds. The molecular weight excluding hydrogens is 252 g/mol. The van der Waals surface area contributed by atoms with E-state index in [4.69, 9.17) is 4.74 Å². The van der Waals surface area contributed by atoms with Crippen LogP contribution in [0.3, 0.4) is 0 Å². The van der Waals surface area contributed by atoms with E-state index in [0.29, 0.717) is 6.10 Å². The molecule has 0 aliphatic heterocycles. The van der Waals surface area contributed by atoms with Crippen LogP contribution in [-0.2, 0) is 0 Å². The molecule has 0 N–H and O–H groups in total. The van der Waals surface area contributed by atoms with Crippen LogP contribution >= 0.6 is 15.9 Å². The Kier molecular flexibility index (Phi) is 4.07. The Morgan fingerprint density at radius 2 is 1.73 bits per heavy atom. The van der Waals surface area contributed by atoms with Crippen LogP contribution in [0, 0.1) is 5.92 Å². The highest BCUT2D eigenvalue weighted by Gasteiger charge is 2.21. The predicted octanol–water partition coefficient (Wildman–Crippen LogP) is 4.02. The highest BCUT2D eigenvalue weighted by Crippen LogP contribution is 2.28. The lowest BCUT2D eigenvalue weighted by atomic mass is 9.89. The Morgan fingerprint density at radius 1 is 1.07 bits per heavy atom. The molecule has 0 bridgehead atoms. The first-order valence-corrected chi connectivity index (χ1v) is 6.78. The lowest BCUT2D eigenvalue weighted by Gasteiger charge is -2.27. The highest BCUT2D eigenvalue weighted by atomic mass is 79.9. The third kappa shape index (κ3) is 3.23. The summed E-state index contributed by atoms with van der Waals surface area (Å²) in [6.45, 7) is 0. The van der Waals surface area contributed by atoms with E-state index in [1.165, 1.54) is 25.7 Å². The van der Waals surface area contributed by atoms with Gasteiger partial charge in [0.15, 0.2) is 0 Å². The van der Waals surface area contributed by atoms with Crippen LogP contribution in [0.2, 0.25) is 0 Å². The molecule has 1 fully saturated rings. The Labute approximate surface area is 100.0 Å². The summed E-state index contributed by atoms with van der Waals surface area (Å²) in [5.41, 5.74) is 0. The number of ether oxygens (including phenoxy) is 1. The second-order valence-corrected chi connectivity index (χ2v) is 4.88. The number of rotatable bonds is 3. The molecule has 2 heteroatoms. The maximum Gasteiger partial charge on any atom is 0.119 e. The molecule has 0 heterocycles. The van der Waals surface area contributed by atoms with Gasteiger partial charge < -0.3 is 4.74 Å². The van der Waals surface area contributed by atoms with Crippen LogP contribution in [0.4, 0.5) is 0 Å². The fourth-order valence-electron chi connectivity index (χ4n) is 2.10. The Balaban J connectivity index is 1.82. The zero-order chi connectivity index (χ0) is 10.5. The second-order valence-electron chi connectivity index (χ2n) is 4.23. The first-order chi connectivity index (χ1) is 7.38. The molecule has 82 valence electrons. The van der Waals surface area contributed by atoms with Gasteiger partial charge in [-0.2, -0.15) is 0 Å². The quantitative estimate of drug-likeness (QED) is 0.753. The largest absolute Gasteiger partial charge is 0.490 e. The maximum absolute atomic E-state index is 5.93. The molecule has 1 aromatic rings. The third-order valence-electron chi connectivity index (χ3n) is 3.06. The van der Waals surface area contributed by atoms with E-state index < -0.39 is 0 Å². The van der Waals surface area contributed by atoms with Gasteiger partial charge in [-0.3, -0.25) is 0 Å². The van der Waals surface area contributed by atoms with E-state index in [0.717, 1.165) is 17.0 Å². The van der Waals surface area contributed by atoms with Gasteiger partial charge in [-0.1, -0.05) is 34.1 Å². The molecule has 0 aromatic heterocycles. The first-order valence-electron chi connectivity index (χ1n) is 5.66. The maximum atomic E-state index is 5.93. The lowest BCUT2D eigenvalue weighted by Crippen LogP contribution is -2.24. The van der Waals surface area contributed by atoms with Gasteiger partial charge >= 0.3 is 0 Å². The average Bonchev–Trinajstić information content (AvgIpc) is 2.31. The van der Waals surface area contributed by atoms with Crippen LogP contribution in [-0.4, -0.2) is 11.4 Å². The van der Waals surface area contributed by atoms with Gasteiger partial charge in [-0.25, -0.2) is 0 Å². The van der Waals surface area contributed by atoms with E-state index in [1.807, 2.05) is 30.3 Å². The summed E-state index contributed by atoms with van der Waals surface area (Å²) < 4.78 is 5.93. The van der Waals surface area contributed by atoms with Crippen molar-refractivity contribution in [3.05, 3.63) is 30.3 Å². The average molecular weight is 269 g/mol. The van der Waals surface area contributed by atoms with Crippen molar-refractivity contribution in [2.75, 3.05) is 5.33 Å². The minimum absolute atomic E-state index is 0.433. The SMILES string of the molecule is BrCC1CCC(Oc2ccccc2)CC1. The van der Waals surface area contributed by atoms with E-state index in [-0.39, 0.29) is 0 Å². The van der Waals surface area contributed by atoms with Crippen LogP contribution < -0.4 is 4.74 Å². The van der Waals surface area contributed by atoms with Crippen molar-refractivity contribution in [2.45, 2.75) is 31.8 Å². The third-order valence-corrected chi connectivity index (χ3v) is 3.97. The highest BCUT2D eigenvalue weighted by molar-refractivity contribution is 9.09. The summed E-state index contributed by atoms with van der Waals surface area (Å²) in [7, 11) is 0. The van der Waals surface area contributed by atoms with Crippen molar-refractivity contribution in [3.8, 4) is 5.75 Å². The van der Waals surface area contributed by atoms with E-state index in [1.54, 1.807) is 0 Å². The molecule has 0 radical (unpaired) electrons. The topological polar surface area (TPSA) is 9.23 Å². The van der Waals surface area contributed by atoms with E-state index in [9.17, 15) is 0 Å². The van der Waals surface area contributed by atoms with Crippen LogP contribution in [0.15, 0.2) is 30.3 Å². The smallest absolute Gasteiger partial charge is 0.119 e. The summed E-state index contributed by atoms with van der Waals surface area (Å²) >= 11 is 3.56. The van der Waals surface area contributed by atoms with Gasteiger partial charge in [-0.05, 0) is 43.7 Å². The summed E-state index contributed by atoms with van der Waals surface area (Å²) in [4.78, 5) is 0. The molecule has 1 aromatic carbocycles. The second kappa shape index (κ2) is 5.55. The minimum Gasteiger partial charge on any atom is -0.490 e. The first kappa shape index (κ1) is 11.0. The molecule has 0 unspecified atom stereocenters. The molecule has 1 aliphatic rings. The van der Waals surface area contributed by atoms with Gasteiger partial charge in [0.25, 0.3) is 0 Å². The molecule has 2 rings (SSSR count). The summed E-state index contributed by atoms with van der Waals surface area (Å²) in [5, 5.41) is 1.14. The monoisotopic (exact) mass is 268 g/mol. The molecule has 1 saturated carbocycles. The molecule has 1 aliphatic carbocycles. The van der Waals surface area contributed by atoms with E-state index in [2.05, 4.69) is 15.9 Å².